The Balaban J connectivity index is 2.32. The zero-order valence-corrected chi connectivity index (χ0v) is 11.8. The summed E-state index contributed by atoms with van der Waals surface area (Å²) in [6.45, 7) is 3.98. The van der Waals surface area contributed by atoms with Crippen molar-refractivity contribution < 1.29 is 9.90 Å². The standard InChI is InChI=1S/C16H16O2S/c1-11-8-12(2)10-13(9-11)15(16(17)18)19-14-6-4-3-5-7-14/h3-10,15H,1-2H3,(H,17,18). The van der Waals surface area contributed by atoms with Crippen molar-refractivity contribution in [2.45, 2.75) is 24.0 Å². The summed E-state index contributed by atoms with van der Waals surface area (Å²) in [5.74, 6) is -0.807. The Morgan fingerprint density at radius 1 is 1.05 bits per heavy atom. The maximum atomic E-state index is 11.5. The van der Waals surface area contributed by atoms with Crippen LogP contribution in [0.15, 0.2) is 53.4 Å². The number of hydrogen-bond donors (Lipinski definition) is 1. The number of hydrogen-bond acceptors (Lipinski definition) is 2. The maximum Gasteiger partial charge on any atom is 0.321 e. The van der Waals surface area contributed by atoms with E-state index in [9.17, 15) is 9.90 Å². The van der Waals surface area contributed by atoms with E-state index in [-0.39, 0.29) is 0 Å². The van der Waals surface area contributed by atoms with E-state index in [0.717, 1.165) is 21.6 Å². The highest BCUT2D eigenvalue weighted by molar-refractivity contribution is 8.00. The third-order valence-electron chi connectivity index (χ3n) is 2.77. The van der Waals surface area contributed by atoms with Crippen LogP contribution in [0.25, 0.3) is 0 Å². The second kappa shape index (κ2) is 5.93. The average Bonchev–Trinajstić information content (AvgIpc) is 2.35. The topological polar surface area (TPSA) is 37.3 Å². The molecule has 0 heterocycles. The van der Waals surface area contributed by atoms with Crippen LogP contribution in [0.5, 0.6) is 0 Å². The van der Waals surface area contributed by atoms with Gasteiger partial charge in [-0.2, -0.15) is 0 Å². The minimum absolute atomic E-state index is 0.569. The van der Waals surface area contributed by atoms with Crippen LogP contribution in [0.2, 0.25) is 0 Å². The number of benzene rings is 2. The summed E-state index contributed by atoms with van der Waals surface area (Å²) in [4.78, 5) is 12.5. The SMILES string of the molecule is Cc1cc(C)cc(C(Sc2ccccc2)C(=O)O)c1. The van der Waals surface area contributed by atoms with Crippen LogP contribution in [0, 0.1) is 13.8 Å². The van der Waals surface area contributed by atoms with Crippen molar-refractivity contribution in [3.05, 3.63) is 65.2 Å². The highest BCUT2D eigenvalue weighted by Crippen LogP contribution is 2.36. The molecule has 0 spiro atoms. The summed E-state index contributed by atoms with van der Waals surface area (Å²) < 4.78 is 0. The maximum absolute atomic E-state index is 11.5. The van der Waals surface area contributed by atoms with Crippen LogP contribution in [0.1, 0.15) is 21.9 Å². The molecular weight excluding hydrogens is 256 g/mol. The fourth-order valence-corrected chi connectivity index (χ4v) is 3.02. The molecule has 0 aromatic heterocycles. The molecule has 0 aliphatic rings. The molecule has 0 bridgehead atoms. The van der Waals surface area contributed by atoms with E-state index in [4.69, 9.17) is 0 Å². The monoisotopic (exact) mass is 272 g/mol. The van der Waals surface area contributed by atoms with Crippen LogP contribution >= 0.6 is 11.8 Å². The second-order valence-electron chi connectivity index (χ2n) is 4.57. The Morgan fingerprint density at radius 3 is 2.16 bits per heavy atom. The van der Waals surface area contributed by atoms with Crippen molar-refractivity contribution in [1.29, 1.82) is 0 Å². The summed E-state index contributed by atoms with van der Waals surface area (Å²) in [6, 6.07) is 15.6. The zero-order valence-electron chi connectivity index (χ0n) is 11.0. The highest BCUT2D eigenvalue weighted by atomic mass is 32.2. The van der Waals surface area contributed by atoms with Crippen molar-refractivity contribution in [1.82, 2.24) is 0 Å². The molecule has 1 atom stereocenters. The first-order chi connectivity index (χ1) is 9.06. The molecule has 2 aromatic carbocycles. The summed E-state index contributed by atoms with van der Waals surface area (Å²) in [6.07, 6.45) is 0. The van der Waals surface area contributed by atoms with Gasteiger partial charge in [0.15, 0.2) is 0 Å². The summed E-state index contributed by atoms with van der Waals surface area (Å²) >= 11 is 1.37. The van der Waals surface area contributed by atoms with E-state index >= 15 is 0 Å². The molecule has 0 saturated heterocycles. The number of rotatable bonds is 4. The molecule has 0 aliphatic heterocycles. The molecule has 2 nitrogen and oxygen atoms in total. The molecule has 0 aliphatic carbocycles. The summed E-state index contributed by atoms with van der Waals surface area (Å²) in [5.41, 5.74) is 3.03. The van der Waals surface area contributed by atoms with E-state index in [1.807, 2.05) is 56.3 Å². The lowest BCUT2D eigenvalue weighted by Crippen LogP contribution is -2.08. The van der Waals surface area contributed by atoms with Gasteiger partial charge in [-0.1, -0.05) is 47.5 Å². The molecule has 1 N–H and O–H groups in total. The number of carboxylic acids is 1. The third kappa shape index (κ3) is 3.61. The summed E-state index contributed by atoms with van der Waals surface area (Å²) in [5, 5.41) is 8.88. The summed E-state index contributed by atoms with van der Waals surface area (Å²) in [7, 11) is 0. The van der Waals surface area contributed by atoms with E-state index in [0.29, 0.717) is 0 Å². The number of carbonyl (C=O) groups is 1. The fourth-order valence-electron chi connectivity index (χ4n) is 2.06. The predicted octanol–water partition coefficient (Wildman–Crippen LogP) is 4.22. The van der Waals surface area contributed by atoms with Crippen molar-refractivity contribution in [3.8, 4) is 0 Å². The number of thioether (sulfide) groups is 1. The minimum Gasteiger partial charge on any atom is -0.480 e. The van der Waals surface area contributed by atoms with Crippen molar-refractivity contribution in [2.24, 2.45) is 0 Å². The Kier molecular flexibility index (Phi) is 4.27. The molecule has 3 heteroatoms. The second-order valence-corrected chi connectivity index (χ2v) is 5.75. The Labute approximate surface area is 117 Å². The molecule has 2 aromatic rings. The molecule has 1 unspecified atom stereocenters. The lowest BCUT2D eigenvalue weighted by atomic mass is 10.0. The molecule has 0 saturated carbocycles. The van der Waals surface area contributed by atoms with Crippen LogP contribution in [0.4, 0.5) is 0 Å². The Bertz CT molecular complexity index is 558. The molecule has 19 heavy (non-hydrogen) atoms. The quantitative estimate of drug-likeness (QED) is 0.847. The average molecular weight is 272 g/mol. The largest absolute Gasteiger partial charge is 0.480 e. The molecule has 0 fully saturated rings. The Morgan fingerprint density at radius 2 is 1.63 bits per heavy atom. The number of aliphatic carboxylic acids is 1. The first-order valence-electron chi connectivity index (χ1n) is 6.09. The van der Waals surface area contributed by atoms with Crippen molar-refractivity contribution in [2.75, 3.05) is 0 Å². The van der Waals surface area contributed by atoms with Gasteiger partial charge in [0.25, 0.3) is 0 Å². The van der Waals surface area contributed by atoms with Crippen molar-refractivity contribution in [3.63, 3.8) is 0 Å². The van der Waals surface area contributed by atoms with Gasteiger partial charge in [-0.3, -0.25) is 4.79 Å². The van der Waals surface area contributed by atoms with Gasteiger partial charge in [-0.15, -0.1) is 11.8 Å². The lowest BCUT2D eigenvalue weighted by Gasteiger charge is -2.14. The first-order valence-corrected chi connectivity index (χ1v) is 6.97. The van der Waals surface area contributed by atoms with Gasteiger partial charge in [-0.25, -0.2) is 0 Å². The Hall–Kier alpha value is -1.74. The van der Waals surface area contributed by atoms with Gasteiger partial charge < -0.3 is 5.11 Å². The van der Waals surface area contributed by atoms with Crippen LogP contribution < -0.4 is 0 Å². The van der Waals surface area contributed by atoms with E-state index < -0.39 is 11.2 Å². The number of aryl methyl sites for hydroxylation is 2. The smallest absolute Gasteiger partial charge is 0.321 e. The van der Waals surface area contributed by atoms with Crippen LogP contribution in [0.3, 0.4) is 0 Å². The minimum atomic E-state index is -0.807. The predicted molar refractivity (Wildman–Crippen MR) is 78.6 cm³/mol. The molecule has 0 radical (unpaired) electrons. The molecule has 98 valence electrons. The molecule has 0 amide bonds. The normalized spacial score (nSPS) is 12.1. The van der Waals surface area contributed by atoms with Gasteiger partial charge in [0, 0.05) is 4.90 Å². The molecular formula is C16H16O2S. The van der Waals surface area contributed by atoms with Gasteiger partial charge in [0.05, 0.1) is 0 Å². The van der Waals surface area contributed by atoms with Crippen LogP contribution in [-0.2, 0) is 4.79 Å². The zero-order chi connectivity index (χ0) is 13.8. The number of carboxylic acid groups (broad SMARTS) is 1. The van der Waals surface area contributed by atoms with Gasteiger partial charge in [0.1, 0.15) is 5.25 Å². The van der Waals surface area contributed by atoms with Crippen molar-refractivity contribution >= 4 is 17.7 Å². The first kappa shape index (κ1) is 13.7. The fraction of sp³-hybridized carbons (Fsp3) is 0.188. The third-order valence-corrected chi connectivity index (χ3v) is 4.02. The van der Waals surface area contributed by atoms with E-state index in [2.05, 4.69) is 6.07 Å². The molecule has 2 rings (SSSR count). The van der Waals surface area contributed by atoms with Crippen LogP contribution in [-0.4, -0.2) is 11.1 Å². The lowest BCUT2D eigenvalue weighted by molar-refractivity contribution is -0.136. The van der Waals surface area contributed by atoms with Gasteiger partial charge in [-0.05, 0) is 31.5 Å². The van der Waals surface area contributed by atoms with E-state index in [1.165, 1.54) is 11.8 Å². The van der Waals surface area contributed by atoms with E-state index in [1.54, 1.807) is 0 Å². The highest BCUT2D eigenvalue weighted by Gasteiger charge is 2.21. The van der Waals surface area contributed by atoms with Gasteiger partial charge in [0.2, 0.25) is 0 Å². The van der Waals surface area contributed by atoms with Gasteiger partial charge >= 0.3 is 5.97 Å².